The number of aromatic nitrogens is 4. The Balaban J connectivity index is 2.74. The highest BCUT2D eigenvalue weighted by Crippen LogP contribution is 2.10. The minimum Gasteiger partial charge on any atom is -0.268 e. The molecule has 2 heterocycles. The van der Waals surface area contributed by atoms with Crippen molar-refractivity contribution in [3.05, 3.63) is 39.0 Å². The summed E-state index contributed by atoms with van der Waals surface area (Å²) in [6.45, 7) is 0. The van der Waals surface area contributed by atoms with Crippen molar-refractivity contribution in [2.45, 2.75) is 0 Å². The standard InChI is InChI=1S/C8H8N4O2/c1-12-6(2-3-9-12)5-4-7(13)10-11-8(5)14/h2-4H,1H3,(H,10,13)(H,11,14). The smallest absolute Gasteiger partial charge is 0.268 e. The van der Waals surface area contributed by atoms with Crippen LogP contribution in [-0.2, 0) is 7.05 Å². The van der Waals surface area contributed by atoms with Gasteiger partial charge in [-0.05, 0) is 6.07 Å². The van der Waals surface area contributed by atoms with Gasteiger partial charge >= 0.3 is 0 Å². The molecule has 0 aliphatic rings. The van der Waals surface area contributed by atoms with Gasteiger partial charge in [-0.15, -0.1) is 0 Å². The fourth-order valence-corrected chi connectivity index (χ4v) is 1.25. The number of H-pyrrole nitrogens is 2. The lowest BCUT2D eigenvalue weighted by Gasteiger charge is -1.98. The molecule has 72 valence electrons. The molecule has 0 saturated carbocycles. The molecule has 2 aromatic heterocycles. The SMILES string of the molecule is Cn1nccc1-c1cc(=O)[nH][nH]c1=O. The second kappa shape index (κ2) is 2.99. The van der Waals surface area contributed by atoms with Crippen LogP contribution in [0.5, 0.6) is 0 Å². The molecule has 14 heavy (non-hydrogen) atoms. The number of aryl methyl sites for hydroxylation is 1. The molecule has 0 unspecified atom stereocenters. The first-order chi connectivity index (χ1) is 6.68. The van der Waals surface area contributed by atoms with Gasteiger partial charge in [-0.1, -0.05) is 0 Å². The average Bonchev–Trinajstić information content (AvgIpc) is 2.56. The van der Waals surface area contributed by atoms with E-state index in [-0.39, 0.29) is 11.1 Å². The first-order valence-electron chi connectivity index (χ1n) is 3.99. The van der Waals surface area contributed by atoms with E-state index in [9.17, 15) is 9.59 Å². The molecule has 0 aliphatic carbocycles. The molecule has 6 heteroatoms. The number of aromatic amines is 2. The molecule has 0 fully saturated rings. The molecule has 2 aromatic rings. The molecule has 0 amide bonds. The van der Waals surface area contributed by atoms with Crippen LogP contribution in [0, 0.1) is 0 Å². The van der Waals surface area contributed by atoms with Gasteiger partial charge in [0.25, 0.3) is 11.1 Å². The molecule has 0 spiro atoms. The summed E-state index contributed by atoms with van der Waals surface area (Å²) in [4.78, 5) is 22.3. The molecule has 6 nitrogen and oxygen atoms in total. The van der Waals surface area contributed by atoms with Crippen LogP contribution in [0.25, 0.3) is 11.3 Å². The van der Waals surface area contributed by atoms with Gasteiger partial charge in [0.1, 0.15) is 0 Å². The predicted molar refractivity (Wildman–Crippen MR) is 49.9 cm³/mol. The second-order valence-electron chi connectivity index (χ2n) is 2.84. The largest absolute Gasteiger partial charge is 0.272 e. The molecule has 0 aromatic carbocycles. The van der Waals surface area contributed by atoms with Crippen LogP contribution in [-0.4, -0.2) is 20.0 Å². The number of nitrogens with one attached hydrogen (secondary N) is 2. The monoisotopic (exact) mass is 192 g/mol. The molecule has 0 bridgehead atoms. The zero-order valence-electron chi connectivity index (χ0n) is 7.44. The van der Waals surface area contributed by atoms with Gasteiger partial charge in [0, 0.05) is 19.3 Å². The van der Waals surface area contributed by atoms with E-state index in [1.165, 1.54) is 10.7 Å². The summed E-state index contributed by atoms with van der Waals surface area (Å²) in [5.74, 6) is 0. The molecule has 0 atom stereocenters. The Kier molecular flexibility index (Phi) is 1.81. The van der Waals surface area contributed by atoms with E-state index in [1.54, 1.807) is 19.3 Å². The molecular weight excluding hydrogens is 184 g/mol. The molecule has 0 saturated heterocycles. The average molecular weight is 192 g/mol. The van der Waals surface area contributed by atoms with Crippen molar-refractivity contribution in [1.82, 2.24) is 20.0 Å². The summed E-state index contributed by atoms with van der Waals surface area (Å²) in [6, 6.07) is 2.92. The highest BCUT2D eigenvalue weighted by molar-refractivity contribution is 5.56. The van der Waals surface area contributed by atoms with Gasteiger partial charge in [-0.25, -0.2) is 0 Å². The first-order valence-corrected chi connectivity index (χ1v) is 3.99. The first kappa shape index (κ1) is 8.49. The lowest BCUT2D eigenvalue weighted by atomic mass is 10.2. The van der Waals surface area contributed by atoms with E-state index in [4.69, 9.17) is 0 Å². The van der Waals surface area contributed by atoms with E-state index >= 15 is 0 Å². The summed E-state index contributed by atoms with van der Waals surface area (Å²) in [5, 5.41) is 8.36. The molecular formula is C8H8N4O2. The van der Waals surface area contributed by atoms with Crippen molar-refractivity contribution >= 4 is 0 Å². The highest BCUT2D eigenvalue weighted by atomic mass is 16.1. The zero-order chi connectivity index (χ0) is 10.1. The van der Waals surface area contributed by atoms with Gasteiger partial charge in [0.2, 0.25) is 0 Å². The third kappa shape index (κ3) is 1.26. The van der Waals surface area contributed by atoms with Crippen LogP contribution in [0.1, 0.15) is 0 Å². The van der Waals surface area contributed by atoms with Crippen molar-refractivity contribution in [1.29, 1.82) is 0 Å². The van der Waals surface area contributed by atoms with Crippen LogP contribution < -0.4 is 11.1 Å². The Morgan fingerprint density at radius 3 is 2.79 bits per heavy atom. The predicted octanol–water partition coefficient (Wildman–Crippen LogP) is -0.536. The maximum atomic E-state index is 11.4. The van der Waals surface area contributed by atoms with Gasteiger partial charge in [0.15, 0.2) is 0 Å². The van der Waals surface area contributed by atoms with Crippen LogP contribution in [0.4, 0.5) is 0 Å². The minimum absolute atomic E-state index is 0.314. The van der Waals surface area contributed by atoms with Gasteiger partial charge in [-0.3, -0.25) is 24.5 Å². The van der Waals surface area contributed by atoms with Crippen molar-refractivity contribution in [2.24, 2.45) is 7.05 Å². The van der Waals surface area contributed by atoms with Crippen molar-refractivity contribution in [2.75, 3.05) is 0 Å². The summed E-state index contributed by atoms with van der Waals surface area (Å²) in [6.07, 6.45) is 1.57. The van der Waals surface area contributed by atoms with Crippen molar-refractivity contribution < 1.29 is 0 Å². The number of hydrogen-bond acceptors (Lipinski definition) is 3. The third-order valence-corrected chi connectivity index (χ3v) is 1.92. The summed E-state index contributed by atoms with van der Waals surface area (Å²) in [7, 11) is 1.70. The fraction of sp³-hybridized carbons (Fsp3) is 0.125. The maximum absolute atomic E-state index is 11.4. The topological polar surface area (TPSA) is 83.5 Å². The van der Waals surface area contributed by atoms with Crippen molar-refractivity contribution in [3.63, 3.8) is 0 Å². The van der Waals surface area contributed by atoms with Crippen molar-refractivity contribution in [3.8, 4) is 11.3 Å². The molecule has 0 radical (unpaired) electrons. The third-order valence-electron chi connectivity index (χ3n) is 1.92. The maximum Gasteiger partial charge on any atom is 0.272 e. The van der Waals surface area contributed by atoms with E-state index < -0.39 is 0 Å². The summed E-state index contributed by atoms with van der Waals surface area (Å²) < 4.78 is 1.53. The Hall–Kier alpha value is -2.11. The lowest BCUT2D eigenvalue weighted by molar-refractivity contribution is 0.773. The molecule has 2 rings (SSSR count). The van der Waals surface area contributed by atoms with E-state index in [0.717, 1.165) is 0 Å². The summed E-state index contributed by atoms with van der Waals surface area (Å²) >= 11 is 0. The highest BCUT2D eigenvalue weighted by Gasteiger charge is 2.07. The minimum atomic E-state index is -0.346. The summed E-state index contributed by atoms with van der Waals surface area (Å²) in [5.41, 5.74) is 0.236. The number of hydrogen-bond donors (Lipinski definition) is 2. The normalized spacial score (nSPS) is 10.4. The Bertz CT molecular complexity index is 563. The van der Waals surface area contributed by atoms with E-state index in [2.05, 4.69) is 15.3 Å². The fourth-order valence-electron chi connectivity index (χ4n) is 1.25. The van der Waals surface area contributed by atoms with Gasteiger partial charge in [-0.2, -0.15) is 5.10 Å². The van der Waals surface area contributed by atoms with E-state index in [0.29, 0.717) is 11.3 Å². The van der Waals surface area contributed by atoms with Crippen LogP contribution in [0.15, 0.2) is 27.9 Å². The quantitative estimate of drug-likeness (QED) is 0.636. The van der Waals surface area contributed by atoms with Gasteiger partial charge in [0.05, 0.1) is 11.3 Å². The Morgan fingerprint density at radius 1 is 1.36 bits per heavy atom. The van der Waals surface area contributed by atoms with Crippen LogP contribution in [0.3, 0.4) is 0 Å². The van der Waals surface area contributed by atoms with Gasteiger partial charge < -0.3 is 0 Å². The number of nitrogens with zero attached hydrogens (tertiary/aromatic N) is 2. The molecule has 0 aliphatic heterocycles. The van der Waals surface area contributed by atoms with E-state index in [1.807, 2.05) is 0 Å². The molecule has 2 N–H and O–H groups in total. The van der Waals surface area contributed by atoms with Crippen LogP contribution >= 0.6 is 0 Å². The Labute approximate surface area is 78.2 Å². The second-order valence-corrected chi connectivity index (χ2v) is 2.84. The van der Waals surface area contributed by atoms with Crippen LogP contribution in [0.2, 0.25) is 0 Å². The Morgan fingerprint density at radius 2 is 2.14 bits per heavy atom. The lowest BCUT2D eigenvalue weighted by Crippen LogP contribution is -2.20. The zero-order valence-corrected chi connectivity index (χ0v) is 7.44. The number of rotatable bonds is 1.